The van der Waals surface area contributed by atoms with Crippen LogP contribution in [0.5, 0.6) is 5.75 Å². The van der Waals surface area contributed by atoms with Crippen molar-refractivity contribution in [2.24, 2.45) is 0 Å². The lowest BCUT2D eigenvalue weighted by atomic mass is 10.3. The zero-order chi connectivity index (χ0) is 9.26. The van der Waals surface area contributed by atoms with Crippen LogP contribution in [0.25, 0.3) is 0 Å². The molecule has 0 spiro atoms. The standard InChI is InChI=1S/C9H8ClNO2/c10-6-1-2-7-8(5-6)13-4-3-9(12)11-7/h1-2,5H,3-4H2,(H,11,12). The monoisotopic (exact) mass is 197 g/mol. The Kier molecular flexibility index (Phi) is 2.10. The fourth-order valence-corrected chi connectivity index (χ4v) is 1.35. The van der Waals surface area contributed by atoms with Crippen LogP contribution in [-0.4, -0.2) is 12.5 Å². The Morgan fingerprint density at radius 2 is 2.31 bits per heavy atom. The molecule has 1 aromatic carbocycles. The second-order valence-corrected chi connectivity index (χ2v) is 3.22. The molecule has 0 saturated heterocycles. The molecule has 0 fully saturated rings. The van der Waals surface area contributed by atoms with Crippen LogP contribution in [0.4, 0.5) is 5.69 Å². The van der Waals surface area contributed by atoms with Gasteiger partial charge < -0.3 is 10.1 Å². The fourth-order valence-electron chi connectivity index (χ4n) is 1.19. The Morgan fingerprint density at radius 1 is 1.46 bits per heavy atom. The third-order valence-corrected chi connectivity index (χ3v) is 2.04. The summed E-state index contributed by atoms with van der Waals surface area (Å²) in [4.78, 5) is 11.1. The maximum atomic E-state index is 11.1. The lowest BCUT2D eigenvalue weighted by Gasteiger charge is -2.06. The zero-order valence-electron chi connectivity index (χ0n) is 6.84. The number of anilines is 1. The summed E-state index contributed by atoms with van der Waals surface area (Å²) < 4.78 is 5.33. The number of benzene rings is 1. The molecule has 1 amide bonds. The van der Waals surface area contributed by atoms with Crippen LogP contribution in [-0.2, 0) is 4.79 Å². The largest absolute Gasteiger partial charge is 0.491 e. The molecule has 0 unspecified atom stereocenters. The number of hydrogen-bond donors (Lipinski definition) is 1. The first-order valence-electron chi connectivity index (χ1n) is 3.98. The summed E-state index contributed by atoms with van der Waals surface area (Å²) in [6.07, 6.45) is 0.381. The minimum Gasteiger partial charge on any atom is -0.491 e. The van der Waals surface area contributed by atoms with E-state index >= 15 is 0 Å². The quantitative estimate of drug-likeness (QED) is 0.692. The first-order valence-corrected chi connectivity index (χ1v) is 4.36. The Balaban J connectivity index is 2.40. The molecule has 0 aliphatic carbocycles. The number of carbonyl (C=O) groups is 1. The molecule has 68 valence electrons. The Morgan fingerprint density at radius 3 is 3.15 bits per heavy atom. The van der Waals surface area contributed by atoms with Gasteiger partial charge in [0.25, 0.3) is 0 Å². The van der Waals surface area contributed by atoms with Crippen molar-refractivity contribution in [2.45, 2.75) is 6.42 Å². The average Bonchev–Trinajstić information content (AvgIpc) is 2.25. The van der Waals surface area contributed by atoms with Gasteiger partial charge in [-0.3, -0.25) is 4.79 Å². The van der Waals surface area contributed by atoms with Crippen molar-refractivity contribution in [3.05, 3.63) is 23.2 Å². The van der Waals surface area contributed by atoms with Gasteiger partial charge in [0.15, 0.2) is 0 Å². The topological polar surface area (TPSA) is 38.3 Å². The van der Waals surface area contributed by atoms with E-state index in [-0.39, 0.29) is 5.91 Å². The van der Waals surface area contributed by atoms with Gasteiger partial charge in [0.2, 0.25) is 5.91 Å². The molecule has 1 aliphatic rings. The molecule has 0 aromatic heterocycles. The minimum absolute atomic E-state index is 0.0268. The third-order valence-electron chi connectivity index (χ3n) is 1.80. The molecule has 0 atom stereocenters. The lowest BCUT2D eigenvalue weighted by Crippen LogP contribution is -2.10. The van der Waals surface area contributed by atoms with Gasteiger partial charge in [-0.25, -0.2) is 0 Å². The Hall–Kier alpha value is -1.22. The van der Waals surface area contributed by atoms with E-state index in [9.17, 15) is 4.79 Å². The highest BCUT2D eigenvalue weighted by atomic mass is 35.5. The first kappa shape index (κ1) is 8.38. The number of fused-ring (bicyclic) bond motifs is 1. The van der Waals surface area contributed by atoms with Crippen LogP contribution in [0.1, 0.15) is 6.42 Å². The summed E-state index contributed by atoms with van der Waals surface area (Å²) in [5, 5.41) is 3.33. The van der Waals surface area contributed by atoms with E-state index in [4.69, 9.17) is 16.3 Å². The van der Waals surface area contributed by atoms with Crippen LogP contribution in [0.2, 0.25) is 5.02 Å². The van der Waals surface area contributed by atoms with Gasteiger partial charge in [0, 0.05) is 11.1 Å². The van der Waals surface area contributed by atoms with Gasteiger partial charge in [0.05, 0.1) is 18.7 Å². The van der Waals surface area contributed by atoms with E-state index in [1.807, 2.05) is 0 Å². The van der Waals surface area contributed by atoms with E-state index < -0.39 is 0 Å². The number of nitrogens with one attached hydrogen (secondary N) is 1. The molecule has 0 bridgehead atoms. The van der Waals surface area contributed by atoms with Gasteiger partial charge in [0.1, 0.15) is 5.75 Å². The van der Waals surface area contributed by atoms with E-state index in [1.54, 1.807) is 18.2 Å². The summed E-state index contributed by atoms with van der Waals surface area (Å²) in [7, 11) is 0. The lowest BCUT2D eigenvalue weighted by molar-refractivity contribution is -0.116. The molecule has 1 N–H and O–H groups in total. The van der Waals surface area contributed by atoms with Gasteiger partial charge in [-0.1, -0.05) is 11.6 Å². The third kappa shape index (κ3) is 1.75. The number of rotatable bonds is 0. The number of hydrogen-bond acceptors (Lipinski definition) is 2. The number of halogens is 1. The van der Waals surface area contributed by atoms with E-state index in [2.05, 4.69) is 5.32 Å². The second kappa shape index (κ2) is 3.26. The fraction of sp³-hybridized carbons (Fsp3) is 0.222. The van der Waals surface area contributed by atoms with Crippen LogP contribution in [0.15, 0.2) is 18.2 Å². The van der Waals surface area contributed by atoms with Crippen molar-refractivity contribution in [3.63, 3.8) is 0 Å². The predicted octanol–water partition coefficient (Wildman–Crippen LogP) is 2.06. The molecular weight excluding hydrogens is 190 g/mol. The average molecular weight is 198 g/mol. The summed E-state index contributed by atoms with van der Waals surface area (Å²) in [5.74, 6) is 0.611. The molecule has 1 aliphatic heterocycles. The van der Waals surface area contributed by atoms with Crippen LogP contribution in [0, 0.1) is 0 Å². The maximum absolute atomic E-state index is 11.1. The molecule has 4 heteroatoms. The molecule has 0 radical (unpaired) electrons. The van der Waals surface area contributed by atoms with Gasteiger partial charge in [-0.15, -0.1) is 0 Å². The maximum Gasteiger partial charge on any atom is 0.227 e. The molecular formula is C9H8ClNO2. The SMILES string of the molecule is O=C1CCOc2cc(Cl)ccc2N1. The number of ether oxygens (including phenoxy) is 1. The van der Waals surface area contributed by atoms with Crippen LogP contribution >= 0.6 is 11.6 Å². The molecule has 13 heavy (non-hydrogen) atoms. The number of carbonyl (C=O) groups excluding carboxylic acids is 1. The summed E-state index contributed by atoms with van der Waals surface area (Å²) in [6, 6.07) is 5.15. The molecule has 3 nitrogen and oxygen atoms in total. The first-order chi connectivity index (χ1) is 6.25. The highest BCUT2D eigenvalue weighted by Gasteiger charge is 2.13. The Bertz CT molecular complexity index is 351. The summed E-state index contributed by atoms with van der Waals surface area (Å²) in [5.41, 5.74) is 0.687. The van der Waals surface area contributed by atoms with Crippen LogP contribution in [0.3, 0.4) is 0 Å². The number of amides is 1. The van der Waals surface area contributed by atoms with Crippen molar-refractivity contribution in [3.8, 4) is 5.75 Å². The predicted molar refractivity (Wildman–Crippen MR) is 50.2 cm³/mol. The highest BCUT2D eigenvalue weighted by Crippen LogP contribution is 2.29. The van der Waals surface area contributed by atoms with Crippen LogP contribution < -0.4 is 10.1 Å². The van der Waals surface area contributed by atoms with Crippen molar-refractivity contribution in [2.75, 3.05) is 11.9 Å². The van der Waals surface area contributed by atoms with Crippen molar-refractivity contribution >= 4 is 23.2 Å². The molecule has 0 saturated carbocycles. The van der Waals surface area contributed by atoms with Crippen molar-refractivity contribution in [1.29, 1.82) is 0 Å². The zero-order valence-corrected chi connectivity index (χ0v) is 7.60. The minimum atomic E-state index is -0.0268. The van der Waals surface area contributed by atoms with Gasteiger partial charge >= 0.3 is 0 Å². The van der Waals surface area contributed by atoms with Crippen molar-refractivity contribution in [1.82, 2.24) is 0 Å². The molecule has 2 rings (SSSR count). The second-order valence-electron chi connectivity index (χ2n) is 2.79. The summed E-state index contributed by atoms with van der Waals surface area (Å²) in [6.45, 7) is 0.402. The smallest absolute Gasteiger partial charge is 0.227 e. The Labute approximate surface area is 80.6 Å². The normalized spacial score (nSPS) is 15.3. The molecule has 1 heterocycles. The highest BCUT2D eigenvalue weighted by molar-refractivity contribution is 6.30. The summed E-state index contributed by atoms with van der Waals surface area (Å²) >= 11 is 5.77. The van der Waals surface area contributed by atoms with Crippen molar-refractivity contribution < 1.29 is 9.53 Å². The van der Waals surface area contributed by atoms with Gasteiger partial charge in [-0.05, 0) is 12.1 Å². The molecule has 1 aromatic rings. The van der Waals surface area contributed by atoms with Gasteiger partial charge in [-0.2, -0.15) is 0 Å². The van der Waals surface area contributed by atoms with E-state index in [0.29, 0.717) is 29.5 Å². The van der Waals surface area contributed by atoms with E-state index in [0.717, 1.165) is 0 Å². The van der Waals surface area contributed by atoms with E-state index in [1.165, 1.54) is 0 Å².